The van der Waals surface area contributed by atoms with Crippen LogP contribution in [0.15, 0.2) is 18.2 Å². The summed E-state index contributed by atoms with van der Waals surface area (Å²) in [6.45, 7) is 1.84. The van der Waals surface area contributed by atoms with Gasteiger partial charge in [0.25, 0.3) is 5.91 Å². The minimum Gasteiger partial charge on any atom is -0.493 e. The molecule has 2 saturated heterocycles. The predicted molar refractivity (Wildman–Crippen MR) is 93.2 cm³/mol. The van der Waals surface area contributed by atoms with Gasteiger partial charge in [0.1, 0.15) is 6.04 Å². The minimum absolute atomic E-state index is 0.0611. The van der Waals surface area contributed by atoms with Gasteiger partial charge < -0.3 is 24.6 Å². The molecule has 1 N–H and O–H groups in total. The number of piperazine rings is 1. The van der Waals surface area contributed by atoms with Crippen molar-refractivity contribution in [2.24, 2.45) is 0 Å². The lowest BCUT2D eigenvalue weighted by molar-refractivity contribution is -0.135. The zero-order valence-electron chi connectivity index (χ0n) is 15.0. The van der Waals surface area contributed by atoms with Crippen LogP contribution < -0.4 is 14.8 Å². The third-order valence-electron chi connectivity index (χ3n) is 4.80. The van der Waals surface area contributed by atoms with E-state index >= 15 is 0 Å². The molecule has 1 aromatic carbocycles. The van der Waals surface area contributed by atoms with Crippen LogP contribution >= 0.6 is 0 Å². The molecule has 0 aromatic heterocycles. The third-order valence-corrected chi connectivity index (χ3v) is 4.80. The van der Waals surface area contributed by atoms with Crippen LogP contribution in [-0.4, -0.2) is 74.0 Å². The van der Waals surface area contributed by atoms with Gasteiger partial charge in [-0.2, -0.15) is 0 Å². The van der Waals surface area contributed by atoms with E-state index in [0.717, 1.165) is 0 Å². The van der Waals surface area contributed by atoms with Crippen LogP contribution in [0.4, 0.5) is 0 Å². The van der Waals surface area contributed by atoms with Crippen molar-refractivity contribution < 1.29 is 23.9 Å². The molecule has 0 saturated carbocycles. The number of ether oxygens (including phenoxy) is 2. The minimum atomic E-state index is -0.421. The summed E-state index contributed by atoms with van der Waals surface area (Å²) in [7, 11) is 3.07. The number of hydrogen-bond acceptors (Lipinski definition) is 5. The number of rotatable bonds is 4. The van der Waals surface area contributed by atoms with Gasteiger partial charge in [0.15, 0.2) is 11.5 Å². The van der Waals surface area contributed by atoms with E-state index in [2.05, 4.69) is 5.32 Å². The molecule has 1 aromatic rings. The number of carbonyl (C=O) groups is 3. The highest BCUT2D eigenvalue weighted by Gasteiger charge is 2.33. The number of hydrogen-bond donors (Lipinski definition) is 1. The Bertz CT molecular complexity index is 713. The van der Waals surface area contributed by atoms with E-state index in [1.165, 1.54) is 7.11 Å². The van der Waals surface area contributed by atoms with E-state index in [1.807, 2.05) is 0 Å². The Morgan fingerprint density at radius 3 is 2.27 bits per heavy atom. The molecule has 26 heavy (non-hydrogen) atoms. The molecule has 140 valence electrons. The molecule has 3 rings (SSSR count). The molecule has 2 heterocycles. The van der Waals surface area contributed by atoms with Crippen molar-refractivity contribution in [2.75, 3.05) is 40.4 Å². The Hall–Kier alpha value is -2.77. The molecule has 8 nitrogen and oxygen atoms in total. The number of nitrogens with one attached hydrogen (secondary N) is 1. The standard InChI is InChI=1S/C18H23N3O5/c1-25-14-5-3-12(11-15(14)26-2)17(23)20-7-9-21(10-8-20)18(24)13-4-6-16(22)19-13/h3,5,11,13H,4,6-10H2,1-2H3,(H,19,22). The normalized spacial score (nSPS) is 19.9. The second kappa shape index (κ2) is 7.63. The molecule has 3 amide bonds. The monoisotopic (exact) mass is 361 g/mol. The van der Waals surface area contributed by atoms with Gasteiger partial charge in [-0.3, -0.25) is 14.4 Å². The van der Waals surface area contributed by atoms with Gasteiger partial charge in [0.05, 0.1) is 14.2 Å². The Morgan fingerprint density at radius 1 is 1.04 bits per heavy atom. The van der Waals surface area contributed by atoms with Crippen molar-refractivity contribution in [3.05, 3.63) is 23.8 Å². The van der Waals surface area contributed by atoms with E-state index < -0.39 is 6.04 Å². The molecule has 0 radical (unpaired) electrons. The van der Waals surface area contributed by atoms with Gasteiger partial charge in [-0.15, -0.1) is 0 Å². The fourth-order valence-electron chi connectivity index (χ4n) is 3.30. The quantitative estimate of drug-likeness (QED) is 0.832. The Kier molecular flexibility index (Phi) is 5.29. The third kappa shape index (κ3) is 3.58. The molecule has 1 unspecified atom stereocenters. The van der Waals surface area contributed by atoms with Crippen molar-refractivity contribution in [3.8, 4) is 11.5 Å². The fraction of sp³-hybridized carbons (Fsp3) is 0.500. The van der Waals surface area contributed by atoms with Crippen LogP contribution in [0.3, 0.4) is 0 Å². The van der Waals surface area contributed by atoms with Crippen molar-refractivity contribution >= 4 is 17.7 Å². The molecular formula is C18H23N3O5. The Labute approximate surface area is 152 Å². The van der Waals surface area contributed by atoms with Gasteiger partial charge in [0.2, 0.25) is 11.8 Å². The maximum atomic E-state index is 12.7. The summed E-state index contributed by atoms with van der Waals surface area (Å²) >= 11 is 0. The lowest BCUT2D eigenvalue weighted by Crippen LogP contribution is -2.54. The summed E-state index contributed by atoms with van der Waals surface area (Å²) < 4.78 is 10.4. The highest BCUT2D eigenvalue weighted by atomic mass is 16.5. The summed E-state index contributed by atoms with van der Waals surface area (Å²) in [5.74, 6) is 0.828. The lowest BCUT2D eigenvalue weighted by Gasteiger charge is -2.36. The molecule has 0 aliphatic carbocycles. The molecule has 0 bridgehead atoms. The van der Waals surface area contributed by atoms with E-state index in [9.17, 15) is 14.4 Å². The van der Waals surface area contributed by atoms with Gasteiger partial charge >= 0.3 is 0 Å². The molecule has 0 spiro atoms. The van der Waals surface area contributed by atoms with Crippen LogP contribution in [0.5, 0.6) is 11.5 Å². The van der Waals surface area contributed by atoms with Crippen molar-refractivity contribution in [2.45, 2.75) is 18.9 Å². The second-order valence-electron chi connectivity index (χ2n) is 6.35. The Balaban J connectivity index is 1.60. The van der Waals surface area contributed by atoms with Gasteiger partial charge in [-0.05, 0) is 24.6 Å². The lowest BCUT2D eigenvalue weighted by atomic mass is 10.1. The molecule has 2 aliphatic heterocycles. The number of carbonyl (C=O) groups excluding carboxylic acids is 3. The summed E-state index contributed by atoms with van der Waals surface area (Å²) in [4.78, 5) is 39.9. The highest BCUT2D eigenvalue weighted by Crippen LogP contribution is 2.28. The van der Waals surface area contributed by atoms with E-state index in [1.54, 1.807) is 35.1 Å². The molecule has 8 heteroatoms. The number of nitrogens with zero attached hydrogens (tertiary/aromatic N) is 2. The first-order valence-corrected chi connectivity index (χ1v) is 8.63. The first-order valence-electron chi connectivity index (χ1n) is 8.63. The van der Waals surface area contributed by atoms with Gasteiger partial charge in [0, 0.05) is 38.2 Å². The number of methoxy groups -OCH3 is 2. The van der Waals surface area contributed by atoms with Crippen LogP contribution in [0, 0.1) is 0 Å². The second-order valence-corrected chi connectivity index (χ2v) is 6.35. The van der Waals surface area contributed by atoms with Crippen LogP contribution in [-0.2, 0) is 9.59 Å². The average Bonchev–Trinajstić information content (AvgIpc) is 3.12. The topological polar surface area (TPSA) is 88.2 Å². The molecule has 1 atom stereocenters. The highest BCUT2D eigenvalue weighted by molar-refractivity contribution is 5.95. The largest absolute Gasteiger partial charge is 0.493 e. The first-order chi connectivity index (χ1) is 12.5. The summed E-state index contributed by atoms with van der Waals surface area (Å²) in [6, 6.07) is 4.65. The summed E-state index contributed by atoms with van der Waals surface area (Å²) in [6.07, 6.45) is 0.941. The van der Waals surface area contributed by atoms with Crippen LogP contribution in [0.25, 0.3) is 0 Å². The summed E-state index contributed by atoms with van der Waals surface area (Å²) in [5, 5.41) is 2.70. The maximum absolute atomic E-state index is 12.7. The van der Waals surface area contributed by atoms with Crippen molar-refractivity contribution in [3.63, 3.8) is 0 Å². The molecule has 2 fully saturated rings. The summed E-state index contributed by atoms with van der Waals surface area (Å²) in [5.41, 5.74) is 0.519. The van der Waals surface area contributed by atoms with Crippen LogP contribution in [0.1, 0.15) is 23.2 Å². The van der Waals surface area contributed by atoms with Crippen molar-refractivity contribution in [1.82, 2.24) is 15.1 Å². The van der Waals surface area contributed by atoms with E-state index in [-0.39, 0.29) is 17.7 Å². The van der Waals surface area contributed by atoms with Gasteiger partial charge in [-0.25, -0.2) is 0 Å². The number of amides is 3. The fourth-order valence-corrected chi connectivity index (χ4v) is 3.30. The first kappa shape index (κ1) is 18.0. The molecule has 2 aliphatic rings. The Morgan fingerprint density at radius 2 is 1.69 bits per heavy atom. The maximum Gasteiger partial charge on any atom is 0.254 e. The van der Waals surface area contributed by atoms with E-state index in [0.29, 0.717) is 56.1 Å². The number of benzene rings is 1. The predicted octanol–water partition coefficient (Wildman–Crippen LogP) is 0.267. The zero-order chi connectivity index (χ0) is 18.7. The van der Waals surface area contributed by atoms with Crippen LogP contribution in [0.2, 0.25) is 0 Å². The van der Waals surface area contributed by atoms with Crippen molar-refractivity contribution in [1.29, 1.82) is 0 Å². The van der Waals surface area contributed by atoms with Gasteiger partial charge in [-0.1, -0.05) is 0 Å². The SMILES string of the molecule is COc1ccc(C(=O)N2CCN(C(=O)C3CCC(=O)N3)CC2)cc1OC. The molecular weight excluding hydrogens is 338 g/mol. The zero-order valence-corrected chi connectivity index (χ0v) is 15.0. The van der Waals surface area contributed by atoms with E-state index in [4.69, 9.17) is 9.47 Å². The smallest absolute Gasteiger partial charge is 0.254 e. The average molecular weight is 361 g/mol.